The molecule has 2 aromatic carbocycles. The Morgan fingerprint density at radius 1 is 0.741 bits per heavy atom. The van der Waals surface area contributed by atoms with Crippen LogP contribution in [0.5, 0.6) is 17.8 Å². The number of alkyl halides is 7. The molecule has 4 amide bonds. The number of amides is 4. The molecule has 4 rings (SSSR count). The highest BCUT2D eigenvalue weighted by atomic mass is 32.2. The summed E-state index contributed by atoms with van der Waals surface area (Å²) in [6, 6.07) is 7.04. The van der Waals surface area contributed by atoms with Crippen molar-refractivity contribution in [2.24, 2.45) is 0 Å². The molecule has 58 heavy (non-hydrogen) atoms. The van der Waals surface area contributed by atoms with E-state index in [1.807, 2.05) is 0 Å². The van der Waals surface area contributed by atoms with Crippen molar-refractivity contribution in [1.82, 2.24) is 34.4 Å². The zero-order chi connectivity index (χ0) is 43.4. The van der Waals surface area contributed by atoms with Gasteiger partial charge in [0, 0.05) is 6.42 Å². The SMILES string of the molecule is COc1nc(C)nc(NC(=O)NS(=O)(=O)c2ccccc2CCC(F)(F)F)n1.O=C(Nc1nc(OC(F)F)cc(OC(F)F)n1)NS(=O)(=O)c1ccccc1C(=O)O. The predicted molar refractivity (Wildman–Crippen MR) is 179 cm³/mol. The number of sulfonamides is 2. The second-order valence-corrected chi connectivity index (χ2v) is 13.8. The molecule has 20 nitrogen and oxygen atoms in total. The molecule has 0 bridgehead atoms. The first-order valence-corrected chi connectivity index (χ1v) is 18.1. The number of hydrogen-bond donors (Lipinski definition) is 5. The van der Waals surface area contributed by atoms with Crippen molar-refractivity contribution in [2.45, 2.75) is 49.0 Å². The number of nitrogens with one attached hydrogen (secondary N) is 4. The topological polar surface area (TPSA) is 280 Å². The summed E-state index contributed by atoms with van der Waals surface area (Å²) in [6.45, 7) is -5.32. The lowest BCUT2D eigenvalue weighted by Gasteiger charge is -2.13. The van der Waals surface area contributed by atoms with Gasteiger partial charge in [0.1, 0.15) is 10.7 Å². The number of aromatic carboxylic acids is 1. The lowest BCUT2D eigenvalue weighted by molar-refractivity contribution is -0.134. The lowest BCUT2D eigenvalue weighted by atomic mass is 10.1. The van der Waals surface area contributed by atoms with Crippen molar-refractivity contribution in [3.8, 4) is 17.8 Å². The fourth-order valence-electron chi connectivity index (χ4n) is 4.10. The quantitative estimate of drug-likeness (QED) is 0.112. The third kappa shape index (κ3) is 14.5. The molecule has 314 valence electrons. The number of methoxy groups -OCH3 is 1. The molecule has 0 saturated carbocycles. The van der Waals surface area contributed by atoms with Gasteiger partial charge in [-0.05, 0) is 37.1 Å². The number of anilines is 2. The number of rotatable bonds is 14. The van der Waals surface area contributed by atoms with Gasteiger partial charge in [-0.1, -0.05) is 30.3 Å². The summed E-state index contributed by atoms with van der Waals surface area (Å²) >= 11 is 0. The van der Waals surface area contributed by atoms with Gasteiger partial charge in [0.15, 0.2) is 0 Å². The number of carboxylic acids is 1. The average molecular weight is 874 g/mol. The Morgan fingerprint density at radius 3 is 1.72 bits per heavy atom. The van der Waals surface area contributed by atoms with Crippen LogP contribution >= 0.6 is 0 Å². The van der Waals surface area contributed by atoms with E-state index in [9.17, 15) is 62.0 Å². The number of benzene rings is 2. The molecule has 0 saturated heterocycles. The highest BCUT2D eigenvalue weighted by molar-refractivity contribution is 7.90. The molecule has 2 aromatic heterocycles. The Hall–Kier alpha value is -6.65. The van der Waals surface area contributed by atoms with E-state index in [1.54, 1.807) is 10.0 Å². The van der Waals surface area contributed by atoms with Gasteiger partial charge in [0.25, 0.3) is 20.0 Å². The van der Waals surface area contributed by atoms with Gasteiger partial charge < -0.3 is 19.3 Å². The smallest absolute Gasteiger partial charge is 0.389 e. The second kappa shape index (κ2) is 19.5. The Bertz CT molecular complexity index is 2320. The Balaban J connectivity index is 0.000000311. The summed E-state index contributed by atoms with van der Waals surface area (Å²) in [5, 5.41) is 12.8. The van der Waals surface area contributed by atoms with Crippen LogP contribution in [0, 0.1) is 6.92 Å². The van der Waals surface area contributed by atoms with Crippen molar-refractivity contribution in [1.29, 1.82) is 0 Å². The van der Waals surface area contributed by atoms with Crippen LogP contribution < -0.4 is 34.3 Å². The number of carboxylic acid groups (broad SMARTS) is 1. The molecule has 0 unspecified atom stereocenters. The zero-order valence-corrected chi connectivity index (χ0v) is 30.6. The first-order valence-electron chi connectivity index (χ1n) is 15.2. The minimum absolute atomic E-state index is 0.0715. The highest BCUT2D eigenvalue weighted by Gasteiger charge is 2.29. The summed E-state index contributed by atoms with van der Waals surface area (Å²) < 4.78 is 152. The van der Waals surface area contributed by atoms with Crippen LogP contribution in [-0.4, -0.2) is 91.4 Å². The number of ether oxygens (including phenoxy) is 3. The van der Waals surface area contributed by atoms with Gasteiger partial charge in [0.05, 0.1) is 23.6 Å². The number of urea groups is 2. The molecule has 0 radical (unpaired) electrons. The second-order valence-electron chi connectivity index (χ2n) is 10.5. The molecule has 0 aliphatic heterocycles. The summed E-state index contributed by atoms with van der Waals surface area (Å²) in [4.78, 5) is 51.8. The van der Waals surface area contributed by atoms with Crippen molar-refractivity contribution in [3.05, 3.63) is 71.5 Å². The molecule has 2 heterocycles. The molecule has 0 fully saturated rings. The van der Waals surface area contributed by atoms with Gasteiger partial charge in [-0.2, -0.15) is 55.7 Å². The van der Waals surface area contributed by atoms with Gasteiger partial charge in [-0.15, -0.1) is 0 Å². The first-order chi connectivity index (χ1) is 27.0. The molecule has 0 aliphatic rings. The highest BCUT2D eigenvalue weighted by Crippen LogP contribution is 2.25. The maximum atomic E-state index is 12.5. The van der Waals surface area contributed by atoms with Gasteiger partial charge in [-0.25, -0.2) is 40.7 Å². The fraction of sp³-hybridized carbons (Fsp3) is 0.241. The Morgan fingerprint density at radius 2 is 1.22 bits per heavy atom. The van der Waals surface area contributed by atoms with Crippen molar-refractivity contribution < 1.29 is 81.3 Å². The van der Waals surface area contributed by atoms with E-state index >= 15 is 0 Å². The van der Waals surface area contributed by atoms with E-state index < -0.39 is 103 Å². The molecule has 0 atom stereocenters. The molecular weight excluding hydrogens is 847 g/mol. The number of aromatic nitrogens is 5. The molecule has 0 aliphatic carbocycles. The van der Waals surface area contributed by atoms with Crippen molar-refractivity contribution in [2.75, 3.05) is 17.7 Å². The zero-order valence-electron chi connectivity index (χ0n) is 29.0. The number of nitrogens with zero attached hydrogens (tertiary/aromatic N) is 5. The monoisotopic (exact) mass is 873 g/mol. The minimum atomic E-state index is -4.71. The average Bonchev–Trinajstić information content (AvgIpc) is 3.09. The summed E-state index contributed by atoms with van der Waals surface area (Å²) in [5.74, 6) is -4.51. The van der Waals surface area contributed by atoms with Crippen LogP contribution in [0.15, 0.2) is 64.4 Å². The summed E-state index contributed by atoms with van der Waals surface area (Å²) in [5.41, 5.74) is -0.716. The third-order valence-corrected chi connectivity index (χ3v) is 9.08. The number of carbonyl (C=O) groups is 3. The third-order valence-electron chi connectivity index (χ3n) is 6.26. The summed E-state index contributed by atoms with van der Waals surface area (Å²) in [7, 11) is -7.86. The predicted octanol–water partition coefficient (Wildman–Crippen LogP) is 4.08. The van der Waals surface area contributed by atoms with E-state index in [4.69, 9.17) is 9.84 Å². The van der Waals surface area contributed by atoms with Crippen LogP contribution in [0.3, 0.4) is 0 Å². The number of aryl methyl sites for hydroxylation is 2. The molecule has 5 N–H and O–H groups in total. The fourth-order valence-corrected chi connectivity index (χ4v) is 6.39. The van der Waals surface area contributed by atoms with Crippen LogP contribution in [0.2, 0.25) is 0 Å². The van der Waals surface area contributed by atoms with Gasteiger partial charge in [0.2, 0.25) is 23.7 Å². The minimum Gasteiger partial charge on any atom is -0.478 e. The van der Waals surface area contributed by atoms with E-state index in [0.717, 1.165) is 18.2 Å². The molecule has 0 spiro atoms. The van der Waals surface area contributed by atoms with Crippen LogP contribution in [0.25, 0.3) is 0 Å². The van der Waals surface area contributed by atoms with E-state index in [1.165, 1.54) is 49.1 Å². The van der Waals surface area contributed by atoms with Crippen LogP contribution in [0.1, 0.15) is 28.2 Å². The first kappa shape index (κ1) is 45.7. The number of carbonyl (C=O) groups excluding carboxylic acids is 2. The van der Waals surface area contributed by atoms with Crippen LogP contribution in [-0.2, 0) is 26.5 Å². The maximum absolute atomic E-state index is 12.5. The van der Waals surface area contributed by atoms with Crippen molar-refractivity contribution >= 4 is 50.0 Å². The number of halogens is 7. The normalized spacial score (nSPS) is 11.5. The van der Waals surface area contributed by atoms with Gasteiger partial charge >= 0.3 is 43.4 Å². The van der Waals surface area contributed by atoms with E-state index in [0.29, 0.717) is 6.07 Å². The van der Waals surface area contributed by atoms with E-state index in [-0.39, 0.29) is 23.3 Å². The Kier molecular flexibility index (Phi) is 15.4. The largest absolute Gasteiger partial charge is 0.478 e. The lowest BCUT2D eigenvalue weighted by Crippen LogP contribution is -2.35. The van der Waals surface area contributed by atoms with Crippen LogP contribution in [0.4, 0.5) is 52.2 Å². The van der Waals surface area contributed by atoms with E-state index in [2.05, 4.69) is 39.7 Å². The Labute approximate surface area is 321 Å². The summed E-state index contributed by atoms with van der Waals surface area (Å²) in [6.07, 6.45) is -6.20. The number of hydrogen-bond acceptors (Lipinski definition) is 15. The molecular formula is C29H26F7N9O11S2. The maximum Gasteiger partial charge on any atom is 0.389 e. The molecule has 29 heteroatoms. The van der Waals surface area contributed by atoms with Gasteiger partial charge in [-0.3, -0.25) is 10.6 Å². The molecule has 4 aromatic rings. The standard InChI is InChI=1S/C15H16F3N5O4S.C14H10F4N4O7S/c1-9-19-12(22-14(20-9)27-2)21-13(24)23-28(25,26)11-6-4-3-5-10(11)7-8-15(16,17)18;15-11(16)28-8-5-9(29-12(17)18)20-13(19-8)21-14(25)22-30(26,27)7-4-2-1-3-6(7)10(23)24/h3-6H,7-8H2,1-2H3,(H2,19,20,21,22,23,24);1-5,11-12H,(H,23,24)(H2,19,20,21,22,25). The van der Waals surface area contributed by atoms with Crippen molar-refractivity contribution in [3.63, 3.8) is 0 Å².